The SMILES string of the molecule is O=C(NC(Cc1ccc(OCCCc2ccc3c(n2)CCCC3)cc1)C(=O)O)c1c(F)cccc1C(F)(F)F. The van der Waals surface area contributed by atoms with Gasteiger partial charge in [0.15, 0.2) is 0 Å². The molecule has 1 aliphatic rings. The number of aryl methyl sites for hydroxylation is 3. The summed E-state index contributed by atoms with van der Waals surface area (Å²) in [4.78, 5) is 29.0. The molecule has 2 N–H and O–H groups in total. The molecule has 206 valence electrons. The molecule has 1 atom stereocenters. The van der Waals surface area contributed by atoms with Gasteiger partial charge in [-0.05, 0) is 80.0 Å². The molecule has 10 heteroatoms. The van der Waals surface area contributed by atoms with E-state index in [9.17, 15) is 32.3 Å². The molecule has 0 radical (unpaired) electrons. The molecular weight excluding hydrogens is 516 g/mol. The van der Waals surface area contributed by atoms with Gasteiger partial charge < -0.3 is 15.2 Å². The second kappa shape index (κ2) is 12.3. The summed E-state index contributed by atoms with van der Waals surface area (Å²) in [5.41, 5.74) is 1.34. The van der Waals surface area contributed by atoms with Crippen LogP contribution >= 0.6 is 0 Å². The molecule has 1 heterocycles. The zero-order valence-corrected chi connectivity index (χ0v) is 21.1. The lowest BCUT2D eigenvalue weighted by atomic mass is 9.95. The largest absolute Gasteiger partial charge is 0.494 e. The average molecular weight is 545 g/mol. The summed E-state index contributed by atoms with van der Waals surface area (Å²) < 4.78 is 59.6. The minimum atomic E-state index is -4.99. The van der Waals surface area contributed by atoms with E-state index in [4.69, 9.17) is 9.72 Å². The molecule has 2 aromatic carbocycles. The van der Waals surface area contributed by atoms with E-state index in [1.54, 1.807) is 24.3 Å². The van der Waals surface area contributed by atoms with Gasteiger partial charge in [-0.1, -0.05) is 24.3 Å². The van der Waals surface area contributed by atoms with Crippen LogP contribution in [0.4, 0.5) is 17.6 Å². The Balaban J connectivity index is 1.31. The number of carbonyl (C=O) groups excluding carboxylic acids is 1. The number of carbonyl (C=O) groups is 2. The first-order valence-corrected chi connectivity index (χ1v) is 12.7. The van der Waals surface area contributed by atoms with Crippen LogP contribution < -0.4 is 10.1 Å². The summed E-state index contributed by atoms with van der Waals surface area (Å²) in [5, 5.41) is 11.5. The van der Waals surface area contributed by atoms with Crippen LogP contribution in [0.3, 0.4) is 0 Å². The first-order chi connectivity index (χ1) is 18.6. The third-order valence-corrected chi connectivity index (χ3v) is 6.59. The summed E-state index contributed by atoms with van der Waals surface area (Å²) in [7, 11) is 0. The van der Waals surface area contributed by atoms with Gasteiger partial charge in [-0.2, -0.15) is 13.2 Å². The number of rotatable bonds is 10. The Labute approximate surface area is 223 Å². The quantitative estimate of drug-likeness (QED) is 0.258. The van der Waals surface area contributed by atoms with Crippen molar-refractivity contribution in [1.82, 2.24) is 10.3 Å². The Morgan fingerprint density at radius 2 is 1.77 bits per heavy atom. The maximum absolute atomic E-state index is 14.1. The van der Waals surface area contributed by atoms with Crippen LogP contribution in [0.25, 0.3) is 0 Å². The Hall–Kier alpha value is -3.95. The van der Waals surface area contributed by atoms with Crippen LogP contribution in [0, 0.1) is 5.82 Å². The Morgan fingerprint density at radius 3 is 2.49 bits per heavy atom. The normalized spacial score (nSPS) is 13.8. The van der Waals surface area contributed by atoms with Gasteiger partial charge in [0.25, 0.3) is 5.91 Å². The summed E-state index contributed by atoms with van der Waals surface area (Å²) >= 11 is 0. The maximum atomic E-state index is 14.1. The first-order valence-electron chi connectivity index (χ1n) is 12.7. The van der Waals surface area contributed by atoms with E-state index >= 15 is 0 Å². The van der Waals surface area contributed by atoms with Crippen molar-refractivity contribution in [2.75, 3.05) is 6.61 Å². The number of pyridine rings is 1. The highest BCUT2D eigenvalue weighted by Crippen LogP contribution is 2.33. The second-order valence-electron chi connectivity index (χ2n) is 9.44. The fourth-order valence-electron chi connectivity index (χ4n) is 4.59. The van der Waals surface area contributed by atoms with Crippen LogP contribution in [0.5, 0.6) is 5.75 Å². The number of aliphatic carboxylic acids is 1. The number of aromatic nitrogens is 1. The summed E-state index contributed by atoms with van der Waals surface area (Å²) in [6.45, 7) is 0.454. The van der Waals surface area contributed by atoms with Gasteiger partial charge in [-0.15, -0.1) is 0 Å². The lowest BCUT2D eigenvalue weighted by Crippen LogP contribution is -2.43. The molecule has 0 aliphatic heterocycles. The van der Waals surface area contributed by atoms with Crippen molar-refractivity contribution in [1.29, 1.82) is 0 Å². The van der Waals surface area contributed by atoms with E-state index in [1.807, 2.05) is 5.32 Å². The number of nitrogens with zero attached hydrogens (tertiary/aromatic N) is 1. The minimum absolute atomic E-state index is 0.221. The molecule has 6 nitrogen and oxygen atoms in total. The summed E-state index contributed by atoms with van der Waals surface area (Å²) in [5.74, 6) is -3.75. The zero-order chi connectivity index (χ0) is 28.0. The van der Waals surface area contributed by atoms with E-state index in [1.165, 1.54) is 24.1 Å². The van der Waals surface area contributed by atoms with Crippen LogP contribution in [0.15, 0.2) is 54.6 Å². The molecule has 4 rings (SSSR count). The summed E-state index contributed by atoms with van der Waals surface area (Å²) in [6, 6.07) is 11.3. The van der Waals surface area contributed by atoms with E-state index in [0.717, 1.165) is 37.4 Å². The van der Waals surface area contributed by atoms with Crippen molar-refractivity contribution in [2.45, 2.75) is 57.2 Å². The highest BCUT2D eigenvalue weighted by atomic mass is 19.4. The predicted octanol–water partition coefficient (Wildman–Crippen LogP) is 5.56. The van der Waals surface area contributed by atoms with Gasteiger partial charge in [0.1, 0.15) is 17.6 Å². The van der Waals surface area contributed by atoms with Crippen LogP contribution in [-0.4, -0.2) is 34.6 Å². The van der Waals surface area contributed by atoms with Crippen molar-refractivity contribution in [3.63, 3.8) is 0 Å². The molecule has 1 amide bonds. The molecule has 0 saturated heterocycles. The highest BCUT2D eigenvalue weighted by molar-refractivity contribution is 5.98. The first kappa shape index (κ1) is 28.1. The lowest BCUT2D eigenvalue weighted by molar-refractivity contribution is -0.139. The van der Waals surface area contributed by atoms with E-state index in [-0.39, 0.29) is 6.42 Å². The molecule has 0 bridgehead atoms. The summed E-state index contributed by atoms with van der Waals surface area (Å²) in [6.07, 6.45) is 0.832. The third-order valence-electron chi connectivity index (χ3n) is 6.59. The van der Waals surface area contributed by atoms with Gasteiger partial charge in [0, 0.05) is 17.8 Å². The number of hydrogen-bond acceptors (Lipinski definition) is 4. The molecular formula is C29H28F4N2O4. The predicted molar refractivity (Wildman–Crippen MR) is 135 cm³/mol. The second-order valence-corrected chi connectivity index (χ2v) is 9.44. The van der Waals surface area contributed by atoms with Crippen molar-refractivity contribution in [3.05, 3.63) is 94.1 Å². The number of carboxylic acid groups (broad SMARTS) is 1. The monoisotopic (exact) mass is 544 g/mol. The van der Waals surface area contributed by atoms with Gasteiger partial charge in [-0.3, -0.25) is 9.78 Å². The van der Waals surface area contributed by atoms with Crippen molar-refractivity contribution >= 4 is 11.9 Å². The number of ether oxygens (including phenoxy) is 1. The van der Waals surface area contributed by atoms with E-state index < -0.39 is 41.0 Å². The van der Waals surface area contributed by atoms with Gasteiger partial charge in [0.2, 0.25) is 0 Å². The van der Waals surface area contributed by atoms with Gasteiger partial charge in [0.05, 0.1) is 17.7 Å². The van der Waals surface area contributed by atoms with Crippen molar-refractivity contribution < 1.29 is 37.0 Å². The molecule has 0 saturated carbocycles. The number of nitrogens with one attached hydrogen (secondary N) is 1. The number of alkyl halides is 3. The number of benzene rings is 2. The van der Waals surface area contributed by atoms with Crippen LogP contribution in [-0.2, 0) is 36.7 Å². The van der Waals surface area contributed by atoms with Gasteiger partial charge in [-0.25, -0.2) is 9.18 Å². The van der Waals surface area contributed by atoms with E-state index in [2.05, 4.69) is 12.1 Å². The maximum Gasteiger partial charge on any atom is 0.417 e. The molecule has 0 fully saturated rings. The molecule has 3 aromatic rings. The Morgan fingerprint density at radius 1 is 1.03 bits per heavy atom. The Kier molecular flexibility index (Phi) is 8.83. The standard InChI is InChI=1S/C29H28F4N2O4/c30-23-8-3-7-22(29(31,32)33)26(23)27(36)35-25(28(37)38)17-18-10-14-21(15-11-18)39-16-4-6-20-13-12-19-5-1-2-9-24(19)34-20/h3,7-8,10-15,25H,1-2,4-6,9,16-17H2,(H,35,36)(H,37,38). The number of fused-ring (bicyclic) bond motifs is 1. The molecule has 1 unspecified atom stereocenters. The van der Waals surface area contributed by atoms with Gasteiger partial charge >= 0.3 is 12.1 Å². The Bertz CT molecular complexity index is 1330. The van der Waals surface area contributed by atoms with Crippen LogP contribution in [0.1, 0.15) is 57.7 Å². The zero-order valence-electron chi connectivity index (χ0n) is 21.1. The van der Waals surface area contributed by atoms with E-state index in [0.29, 0.717) is 30.1 Å². The number of carboxylic acids is 1. The number of hydrogen-bond donors (Lipinski definition) is 2. The minimum Gasteiger partial charge on any atom is -0.494 e. The lowest BCUT2D eigenvalue weighted by Gasteiger charge is -2.18. The van der Waals surface area contributed by atoms with Crippen molar-refractivity contribution in [2.24, 2.45) is 0 Å². The third kappa shape index (κ3) is 7.34. The van der Waals surface area contributed by atoms with Crippen LogP contribution in [0.2, 0.25) is 0 Å². The van der Waals surface area contributed by atoms with Crippen molar-refractivity contribution in [3.8, 4) is 5.75 Å². The average Bonchev–Trinajstić information content (AvgIpc) is 2.90. The smallest absolute Gasteiger partial charge is 0.417 e. The topological polar surface area (TPSA) is 88.5 Å². The molecule has 39 heavy (non-hydrogen) atoms. The molecule has 0 spiro atoms. The highest BCUT2D eigenvalue weighted by Gasteiger charge is 2.37. The number of halogens is 4. The number of amides is 1. The molecule has 1 aromatic heterocycles. The molecule has 1 aliphatic carbocycles. The fraction of sp³-hybridized carbons (Fsp3) is 0.345. The fourth-order valence-corrected chi connectivity index (χ4v) is 4.59.